The number of methoxy groups -OCH3 is 2. The normalized spacial score (nSPS) is 34.9. The molecule has 1 unspecified atom stereocenters. The van der Waals surface area contributed by atoms with Crippen molar-refractivity contribution in [1.29, 1.82) is 0 Å². The Bertz CT molecular complexity index is 2420. The summed E-state index contributed by atoms with van der Waals surface area (Å²) in [6.07, 6.45) is 5.80. The van der Waals surface area contributed by atoms with Crippen molar-refractivity contribution in [3.8, 4) is 5.75 Å². The van der Waals surface area contributed by atoms with E-state index in [-0.39, 0.29) is 31.0 Å². The predicted octanol–water partition coefficient (Wildman–Crippen LogP) is 3.07. The number of amides is 2. The molecule has 3 aromatic rings. The van der Waals surface area contributed by atoms with E-state index in [1.54, 1.807) is 7.11 Å². The number of aromatic amines is 1. The lowest BCUT2D eigenvalue weighted by molar-refractivity contribution is -0.218. The summed E-state index contributed by atoms with van der Waals surface area (Å²) in [5.41, 5.74) is -1.86. The second-order valence-electron chi connectivity index (χ2n) is 19.5. The highest BCUT2D eigenvalue weighted by Gasteiger charge is 2.80. The third kappa shape index (κ3) is 6.20. The Morgan fingerprint density at radius 2 is 1.72 bits per heavy atom. The number of ether oxygens (including phenoxy) is 3. The van der Waals surface area contributed by atoms with Crippen LogP contribution in [-0.4, -0.2) is 145 Å². The Morgan fingerprint density at radius 1 is 0.953 bits per heavy atom. The minimum Gasteiger partial charge on any atom is -0.496 e. The van der Waals surface area contributed by atoms with Crippen molar-refractivity contribution >= 4 is 40.3 Å². The van der Waals surface area contributed by atoms with Gasteiger partial charge in [0, 0.05) is 111 Å². The summed E-state index contributed by atoms with van der Waals surface area (Å²) in [4.78, 5) is 66.0. The number of hydrogen-bond acceptors (Lipinski definition) is 12. The lowest BCUT2D eigenvalue weighted by Gasteiger charge is -2.63. The number of rotatable bonds is 10. The molecule has 2 saturated heterocycles. The SMILES string of the molecule is CC[C@]1(O)C[C@H]2CN(CCc3c([nH]c4ccccc34)[C@@](C(=O)OC)(c3cc4c(cc3OC)N(C)[C@H]3[C@@](O)(C(=O)NCCNC(C)=O)[C@H](OC(C)=O)[C@]5(CC)C=CCN6CC[C@]43[C@@H]65)C2)C1. The van der Waals surface area contributed by atoms with Crippen molar-refractivity contribution in [2.45, 2.75) is 106 Å². The number of carbonyl (C=O) groups is 4. The van der Waals surface area contributed by atoms with Crippen LogP contribution in [0.5, 0.6) is 5.75 Å². The summed E-state index contributed by atoms with van der Waals surface area (Å²) in [5, 5.41) is 32.4. The lowest BCUT2D eigenvalue weighted by Crippen LogP contribution is -2.82. The first-order valence-corrected chi connectivity index (χ1v) is 23.0. The zero-order valence-corrected chi connectivity index (χ0v) is 38.2. The maximum absolute atomic E-state index is 15.4. The second-order valence-corrected chi connectivity index (χ2v) is 19.5. The molecule has 64 heavy (non-hydrogen) atoms. The molecule has 3 fully saturated rings. The maximum atomic E-state index is 15.4. The van der Waals surface area contributed by atoms with E-state index in [2.05, 4.69) is 49.7 Å². The van der Waals surface area contributed by atoms with E-state index in [0.717, 1.165) is 33.4 Å². The van der Waals surface area contributed by atoms with E-state index in [9.17, 15) is 19.8 Å². The number of aromatic nitrogens is 1. The first-order chi connectivity index (χ1) is 30.6. The molecule has 15 nitrogen and oxygen atoms in total. The fourth-order valence-corrected chi connectivity index (χ4v) is 13.9. The van der Waals surface area contributed by atoms with Gasteiger partial charge in [-0.1, -0.05) is 44.2 Å². The molecule has 0 radical (unpaired) electrons. The minimum absolute atomic E-state index is 0.0343. The average molecular weight is 881 g/mol. The molecule has 1 aliphatic carbocycles. The summed E-state index contributed by atoms with van der Waals surface area (Å²) in [6, 6.07) is 10.9. The van der Waals surface area contributed by atoms with Gasteiger partial charge in [-0.2, -0.15) is 0 Å². The molecular weight excluding hydrogens is 817 g/mol. The van der Waals surface area contributed by atoms with Gasteiger partial charge in [-0.05, 0) is 74.2 Å². The van der Waals surface area contributed by atoms with Crippen LogP contribution < -0.4 is 20.3 Å². The zero-order chi connectivity index (χ0) is 45.6. The number of hydrogen-bond donors (Lipinski definition) is 5. The fraction of sp³-hybridized carbons (Fsp3) is 0.592. The number of carbonyl (C=O) groups excluding carboxylic acids is 4. The first-order valence-electron chi connectivity index (χ1n) is 23.0. The number of benzene rings is 2. The van der Waals surface area contributed by atoms with Gasteiger partial charge in [-0.25, -0.2) is 0 Å². The van der Waals surface area contributed by atoms with Gasteiger partial charge in [0.25, 0.3) is 5.91 Å². The molecule has 10 atom stereocenters. The number of piperidine rings is 1. The van der Waals surface area contributed by atoms with Gasteiger partial charge in [-0.3, -0.25) is 29.0 Å². The molecule has 6 heterocycles. The van der Waals surface area contributed by atoms with Gasteiger partial charge in [0.05, 0.1) is 25.9 Å². The quantitative estimate of drug-likeness (QED) is 0.114. The van der Waals surface area contributed by atoms with E-state index < -0.39 is 57.4 Å². The van der Waals surface area contributed by atoms with Crippen LogP contribution in [0.1, 0.15) is 82.2 Å². The minimum atomic E-state index is -2.31. The van der Waals surface area contributed by atoms with Crippen molar-refractivity contribution < 1.29 is 43.6 Å². The smallest absolute Gasteiger partial charge is 0.322 e. The number of likely N-dealkylation sites (N-methyl/N-ethyl adjacent to an activating group) is 1. The van der Waals surface area contributed by atoms with Gasteiger partial charge in [0.1, 0.15) is 11.2 Å². The van der Waals surface area contributed by atoms with Crippen LogP contribution in [-0.2, 0) is 45.9 Å². The van der Waals surface area contributed by atoms with Gasteiger partial charge < -0.3 is 44.9 Å². The maximum Gasteiger partial charge on any atom is 0.322 e. The second kappa shape index (κ2) is 15.9. The van der Waals surface area contributed by atoms with Crippen molar-refractivity contribution in [2.75, 3.05) is 72.0 Å². The molecule has 1 aromatic heterocycles. The fourth-order valence-electron chi connectivity index (χ4n) is 13.9. The van der Waals surface area contributed by atoms with Crippen LogP contribution in [0.25, 0.3) is 10.9 Å². The van der Waals surface area contributed by atoms with Gasteiger partial charge in [0.2, 0.25) is 11.5 Å². The van der Waals surface area contributed by atoms with Crippen LogP contribution in [0.15, 0.2) is 48.6 Å². The summed E-state index contributed by atoms with van der Waals surface area (Å²) in [6.45, 7) is 10.1. The van der Waals surface area contributed by atoms with Crippen molar-refractivity contribution in [3.63, 3.8) is 0 Å². The summed E-state index contributed by atoms with van der Waals surface area (Å²) < 4.78 is 18.7. The highest BCUT2D eigenvalue weighted by Crippen LogP contribution is 2.68. The van der Waals surface area contributed by atoms with E-state index in [4.69, 9.17) is 14.2 Å². The number of anilines is 1. The molecule has 1 spiro atoms. The van der Waals surface area contributed by atoms with Gasteiger partial charge >= 0.3 is 11.9 Å². The highest BCUT2D eigenvalue weighted by molar-refractivity contribution is 5.95. The van der Waals surface area contributed by atoms with E-state index >= 15 is 9.59 Å². The van der Waals surface area contributed by atoms with E-state index in [0.29, 0.717) is 82.6 Å². The molecule has 2 bridgehead atoms. The molecule has 6 aliphatic rings. The molecule has 1 saturated carbocycles. The highest BCUT2D eigenvalue weighted by atomic mass is 16.6. The largest absolute Gasteiger partial charge is 0.496 e. The molecule has 5 N–H and O–H groups in total. The molecular formula is C49H64N6O9. The average Bonchev–Trinajstić information content (AvgIpc) is 3.94. The molecule has 344 valence electrons. The molecule has 5 aliphatic heterocycles. The van der Waals surface area contributed by atoms with Crippen molar-refractivity contribution in [3.05, 3.63) is 70.9 Å². The third-order valence-electron chi connectivity index (χ3n) is 16.2. The van der Waals surface area contributed by atoms with E-state index in [1.165, 1.54) is 21.0 Å². The monoisotopic (exact) mass is 880 g/mol. The predicted molar refractivity (Wildman–Crippen MR) is 240 cm³/mol. The zero-order valence-electron chi connectivity index (χ0n) is 38.2. The Morgan fingerprint density at radius 3 is 2.42 bits per heavy atom. The number of nitrogens with one attached hydrogen (secondary N) is 3. The summed E-state index contributed by atoms with van der Waals surface area (Å²) >= 11 is 0. The third-order valence-corrected chi connectivity index (χ3v) is 16.2. The van der Waals surface area contributed by atoms with Gasteiger partial charge in [0.15, 0.2) is 6.10 Å². The number of fused-ring (bicyclic) bond motifs is 6. The Balaban J connectivity index is 1.32. The number of H-pyrrole nitrogens is 1. The van der Waals surface area contributed by atoms with Crippen molar-refractivity contribution in [1.82, 2.24) is 25.4 Å². The van der Waals surface area contributed by atoms with E-state index in [1.807, 2.05) is 50.1 Å². The van der Waals surface area contributed by atoms with Crippen molar-refractivity contribution in [2.24, 2.45) is 11.3 Å². The number of aliphatic hydroxyl groups is 2. The van der Waals surface area contributed by atoms with Crippen LogP contribution in [0.4, 0.5) is 5.69 Å². The number of para-hydroxylation sites is 1. The summed E-state index contributed by atoms with van der Waals surface area (Å²) in [7, 11) is 4.89. The number of esters is 2. The summed E-state index contributed by atoms with van der Waals surface area (Å²) in [5.74, 6) is -1.72. The molecule has 2 amide bonds. The molecule has 15 heteroatoms. The standard InChI is InChI=1S/C49H64N6O9/c1-8-45(60)25-31-26-48(44(59)63-7,39-33(15-21-54(27-31)28-45)32-13-10-11-14-36(32)52-39)35-23-34-37(24-38(35)62-6)53(5)41-47(34)17-22-55-20-12-16-46(9-2,40(47)55)42(64-30(4)57)49(41,61)43(58)51-19-18-50-29(3)56/h10-14,16,23-24,31,40-42,52,60-61H,8-9,15,17-22,25-28H2,1-7H3,(H,50,56)(H,51,58)/t31-,40+,41-,42-,45+,46-,47-,48+,49+/m1/s1. The Labute approximate surface area is 374 Å². The Hall–Kier alpha value is -4.96. The van der Waals surface area contributed by atoms with Crippen LogP contribution >= 0.6 is 0 Å². The molecule has 2 aromatic carbocycles. The van der Waals surface area contributed by atoms with Crippen LogP contribution in [0.3, 0.4) is 0 Å². The number of nitrogens with zero attached hydrogens (tertiary/aromatic N) is 3. The van der Waals surface area contributed by atoms with Gasteiger partial charge in [-0.15, -0.1) is 0 Å². The topological polar surface area (TPSA) is 186 Å². The lowest BCUT2D eigenvalue weighted by atomic mass is 9.47. The van der Waals surface area contributed by atoms with Crippen LogP contribution in [0, 0.1) is 11.3 Å². The Kier molecular flexibility index (Phi) is 11.0. The van der Waals surface area contributed by atoms with Crippen LogP contribution in [0.2, 0.25) is 0 Å². The first kappa shape index (κ1) is 44.3. The molecule has 9 rings (SSSR count).